The lowest BCUT2D eigenvalue weighted by molar-refractivity contribution is -0.141. The topological polar surface area (TPSA) is 65.4 Å². The fourth-order valence-electron chi connectivity index (χ4n) is 2.57. The Balaban J connectivity index is 1.62. The molecule has 1 amide bonds. The molecule has 1 unspecified atom stereocenters. The van der Waals surface area contributed by atoms with Crippen molar-refractivity contribution >= 4 is 5.91 Å². The third-order valence-electron chi connectivity index (χ3n) is 3.89. The average Bonchev–Trinajstić information content (AvgIpc) is 2.91. The minimum absolute atomic E-state index is 0.301. The van der Waals surface area contributed by atoms with E-state index in [0.717, 1.165) is 28.9 Å². The van der Waals surface area contributed by atoms with Gasteiger partial charge in [-0.25, -0.2) is 0 Å². The van der Waals surface area contributed by atoms with Gasteiger partial charge in [0.05, 0.1) is 19.3 Å². The lowest BCUT2D eigenvalue weighted by atomic mass is 10.1. The number of hydrogen-bond donors (Lipinski definition) is 1. The van der Waals surface area contributed by atoms with Gasteiger partial charge in [-0.1, -0.05) is 6.07 Å². The maximum Gasteiger partial charge on any atom is 0.435 e. The molecule has 26 heavy (non-hydrogen) atoms. The summed E-state index contributed by atoms with van der Waals surface area (Å²) in [5, 5.41) is 6.10. The zero-order valence-corrected chi connectivity index (χ0v) is 14.0. The number of aromatic nitrogens is 2. The molecule has 1 aromatic heterocycles. The molecule has 140 valence electrons. The molecular weight excluding hydrogens is 351 g/mol. The number of ether oxygens (including phenoxy) is 2. The van der Waals surface area contributed by atoms with Crippen LogP contribution in [0.3, 0.4) is 0 Å². The first kappa shape index (κ1) is 18.1. The van der Waals surface area contributed by atoms with Crippen LogP contribution in [0.5, 0.6) is 11.5 Å². The van der Waals surface area contributed by atoms with Crippen molar-refractivity contribution in [2.75, 3.05) is 13.2 Å². The number of benzene rings is 1. The molecule has 2 aromatic rings. The first-order valence-corrected chi connectivity index (χ1v) is 8.12. The summed E-state index contributed by atoms with van der Waals surface area (Å²) in [4.78, 5) is 12.1. The normalized spacial score (nSPS) is 15.2. The van der Waals surface area contributed by atoms with E-state index >= 15 is 0 Å². The summed E-state index contributed by atoms with van der Waals surface area (Å²) < 4.78 is 49.7. The number of nitrogens with one attached hydrogen (secondary N) is 1. The Kier molecular flexibility index (Phi) is 5.06. The highest BCUT2D eigenvalue weighted by atomic mass is 19.4. The highest BCUT2D eigenvalue weighted by Crippen LogP contribution is 2.32. The van der Waals surface area contributed by atoms with Crippen molar-refractivity contribution in [2.24, 2.45) is 0 Å². The Labute approximate surface area is 147 Å². The molecule has 1 atom stereocenters. The number of halogens is 3. The van der Waals surface area contributed by atoms with Gasteiger partial charge < -0.3 is 14.8 Å². The third-order valence-corrected chi connectivity index (χ3v) is 3.89. The van der Waals surface area contributed by atoms with E-state index in [4.69, 9.17) is 9.47 Å². The standard InChI is InChI=1S/C17H18F3N3O3/c1-11(12-3-4-13-14(9-12)26-8-2-7-25-13)21-16(24)10-23-6-5-15(22-23)17(18,19)20/h3-6,9,11H,2,7-8,10H2,1H3,(H,21,24). The molecule has 0 fully saturated rings. The van der Waals surface area contributed by atoms with E-state index in [1.165, 1.54) is 0 Å². The van der Waals surface area contributed by atoms with Gasteiger partial charge in [0.25, 0.3) is 0 Å². The molecule has 0 saturated carbocycles. The molecule has 0 saturated heterocycles. The van der Waals surface area contributed by atoms with Crippen LogP contribution in [0.4, 0.5) is 13.2 Å². The van der Waals surface area contributed by atoms with E-state index < -0.39 is 17.8 Å². The first-order valence-electron chi connectivity index (χ1n) is 8.12. The smallest absolute Gasteiger partial charge is 0.435 e. The third kappa shape index (κ3) is 4.27. The minimum atomic E-state index is -4.53. The quantitative estimate of drug-likeness (QED) is 0.900. The van der Waals surface area contributed by atoms with Gasteiger partial charge in [-0.05, 0) is 30.7 Å². The van der Waals surface area contributed by atoms with Crippen molar-refractivity contribution in [3.05, 3.63) is 41.7 Å². The zero-order chi connectivity index (χ0) is 18.7. The van der Waals surface area contributed by atoms with Crippen molar-refractivity contribution in [1.82, 2.24) is 15.1 Å². The maximum atomic E-state index is 12.5. The Morgan fingerprint density at radius 2 is 2.00 bits per heavy atom. The van der Waals surface area contributed by atoms with Gasteiger partial charge in [-0.2, -0.15) is 18.3 Å². The van der Waals surface area contributed by atoms with Crippen LogP contribution in [0.1, 0.15) is 30.6 Å². The van der Waals surface area contributed by atoms with Gasteiger partial charge in [-0.15, -0.1) is 0 Å². The molecule has 9 heteroatoms. The molecule has 0 spiro atoms. The number of fused-ring (bicyclic) bond motifs is 1. The second-order valence-electron chi connectivity index (χ2n) is 5.94. The van der Waals surface area contributed by atoms with E-state index in [-0.39, 0.29) is 12.6 Å². The Bertz CT molecular complexity index is 789. The molecular formula is C17H18F3N3O3. The van der Waals surface area contributed by atoms with Gasteiger partial charge in [0.2, 0.25) is 5.91 Å². The summed E-state index contributed by atoms with van der Waals surface area (Å²) in [5.41, 5.74) is -0.222. The summed E-state index contributed by atoms with van der Waals surface area (Å²) in [6, 6.07) is 5.87. The largest absolute Gasteiger partial charge is 0.490 e. The predicted molar refractivity (Wildman–Crippen MR) is 85.8 cm³/mol. The van der Waals surface area contributed by atoms with E-state index in [9.17, 15) is 18.0 Å². The number of amides is 1. The number of rotatable bonds is 4. The van der Waals surface area contributed by atoms with Crippen LogP contribution in [-0.2, 0) is 17.5 Å². The van der Waals surface area contributed by atoms with Crippen LogP contribution in [0, 0.1) is 0 Å². The first-order chi connectivity index (χ1) is 12.3. The van der Waals surface area contributed by atoms with Gasteiger partial charge >= 0.3 is 6.18 Å². The summed E-state index contributed by atoms with van der Waals surface area (Å²) >= 11 is 0. The molecule has 3 rings (SSSR count). The molecule has 1 aliphatic rings. The van der Waals surface area contributed by atoms with Gasteiger partial charge in [0.1, 0.15) is 6.54 Å². The summed E-state index contributed by atoms with van der Waals surface area (Å²) in [6.45, 7) is 2.62. The Hall–Kier alpha value is -2.71. The lowest BCUT2D eigenvalue weighted by Gasteiger charge is -2.16. The number of nitrogens with zero attached hydrogens (tertiary/aromatic N) is 2. The van der Waals surface area contributed by atoms with Gasteiger partial charge in [-0.3, -0.25) is 9.48 Å². The Morgan fingerprint density at radius 1 is 1.27 bits per heavy atom. The molecule has 1 N–H and O–H groups in total. The van der Waals surface area contributed by atoms with Crippen LogP contribution in [0.2, 0.25) is 0 Å². The van der Waals surface area contributed by atoms with Gasteiger partial charge in [0.15, 0.2) is 17.2 Å². The highest BCUT2D eigenvalue weighted by Gasteiger charge is 2.33. The number of hydrogen-bond acceptors (Lipinski definition) is 4. The van der Waals surface area contributed by atoms with Crippen molar-refractivity contribution in [1.29, 1.82) is 0 Å². The molecule has 2 heterocycles. The fraction of sp³-hybridized carbons (Fsp3) is 0.412. The van der Waals surface area contributed by atoms with Crippen LogP contribution >= 0.6 is 0 Å². The van der Waals surface area contributed by atoms with Crippen molar-refractivity contribution < 1.29 is 27.4 Å². The summed E-state index contributed by atoms with van der Waals surface area (Å²) in [7, 11) is 0. The number of carbonyl (C=O) groups excluding carboxylic acids is 1. The fourth-order valence-corrected chi connectivity index (χ4v) is 2.57. The van der Waals surface area contributed by atoms with E-state index in [2.05, 4.69) is 10.4 Å². The monoisotopic (exact) mass is 369 g/mol. The maximum absolute atomic E-state index is 12.5. The average molecular weight is 369 g/mol. The second kappa shape index (κ2) is 7.27. The van der Waals surface area contributed by atoms with Crippen LogP contribution < -0.4 is 14.8 Å². The number of alkyl halides is 3. The van der Waals surface area contributed by atoms with Crippen molar-refractivity contribution in [3.63, 3.8) is 0 Å². The molecule has 1 aliphatic heterocycles. The summed E-state index contributed by atoms with van der Waals surface area (Å²) in [6.07, 6.45) is -2.61. The highest BCUT2D eigenvalue weighted by molar-refractivity contribution is 5.76. The molecule has 1 aromatic carbocycles. The van der Waals surface area contributed by atoms with Gasteiger partial charge in [0, 0.05) is 12.6 Å². The van der Waals surface area contributed by atoms with E-state index in [1.807, 2.05) is 6.07 Å². The van der Waals surface area contributed by atoms with E-state index in [0.29, 0.717) is 24.7 Å². The predicted octanol–water partition coefficient (Wildman–Crippen LogP) is 2.94. The van der Waals surface area contributed by atoms with Crippen molar-refractivity contribution in [3.8, 4) is 11.5 Å². The van der Waals surface area contributed by atoms with Crippen molar-refractivity contribution in [2.45, 2.75) is 32.1 Å². The zero-order valence-electron chi connectivity index (χ0n) is 14.0. The molecule has 0 aliphatic carbocycles. The minimum Gasteiger partial charge on any atom is -0.490 e. The number of carbonyl (C=O) groups is 1. The lowest BCUT2D eigenvalue weighted by Crippen LogP contribution is -2.30. The van der Waals surface area contributed by atoms with Crippen LogP contribution in [0.25, 0.3) is 0 Å². The van der Waals surface area contributed by atoms with Crippen LogP contribution in [-0.4, -0.2) is 28.9 Å². The molecule has 0 radical (unpaired) electrons. The van der Waals surface area contributed by atoms with Crippen LogP contribution in [0.15, 0.2) is 30.5 Å². The second-order valence-corrected chi connectivity index (χ2v) is 5.94. The van der Waals surface area contributed by atoms with E-state index in [1.54, 1.807) is 19.1 Å². The SMILES string of the molecule is CC(NC(=O)Cn1ccc(C(F)(F)F)n1)c1ccc2c(c1)OCCCO2. The molecule has 6 nitrogen and oxygen atoms in total. The molecule has 0 bridgehead atoms. The summed E-state index contributed by atoms with van der Waals surface area (Å²) in [5.74, 6) is 0.824. The Morgan fingerprint density at radius 3 is 2.69 bits per heavy atom.